The third kappa shape index (κ3) is 5.08. The minimum Gasteiger partial charge on any atom is -0.208 e. The lowest BCUT2D eigenvalue weighted by Gasteiger charge is -2.31. The van der Waals surface area contributed by atoms with Gasteiger partial charge >= 0.3 is 0 Å². The minimum absolute atomic E-state index is 0.551. The predicted octanol–water partition coefficient (Wildman–Crippen LogP) is 14.9. The van der Waals surface area contributed by atoms with Gasteiger partial charge < -0.3 is 0 Å². The summed E-state index contributed by atoms with van der Waals surface area (Å²) in [7, 11) is 0. The largest absolute Gasteiger partial charge is 0.208 e. The van der Waals surface area contributed by atoms with Gasteiger partial charge in [0.1, 0.15) is 0 Å². The maximum absolute atomic E-state index is 5.45. The van der Waals surface area contributed by atoms with Crippen LogP contribution >= 0.6 is 11.3 Å². The Morgan fingerprint density at radius 2 is 0.790 bits per heavy atom. The summed E-state index contributed by atoms with van der Waals surface area (Å²) < 4.78 is 2.59. The van der Waals surface area contributed by atoms with Crippen LogP contribution in [0.5, 0.6) is 0 Å². The summed E-state index contributed by atoms with van der Waals surface area (Å²) in [6.07, 6.45) is 0. The van der Waals surface area contributed by atoms with E-state index in [2.05, 4.69) is 212 Å². The smallest absolute Gasteiger partial charge is 0.164 e. The van der Waals surface area contributed by atoms with Crippen LogP contribution in [0.2, 0.25) is 0 Å². The van der Waals surface area contributed by atoms with Gasteiger partial charge in [-0.1, -0.05) is 194 Å². The van der Waals surface area contributed by atoms with E-state index in [1.807, 2.05) is 11.3 Å². The summed E-state index contributed by atoms with van der Waals surface area (Å²) in [6.45, 7) is 0. The van der Waals surface area contributed by atoms with Crippen molar-refractivity contribution in [3.8, 4) is 78.7 Å². The number of fused-ring (bicyclic) bond motifs is 13. The number of thiophene rings is 1. The molecule has 0 aliphatic heterocycles. The molecule has 0 saturated carbocycles. The summed E-state index contributed by atoms with van der Waals surface area (Å²) >= 11 is 1.85. The first-order valence-electron chi connectivity index (χ1n) is 21.1. The fourth-order valence-corrected chi connectivity index (χ4v) is 11.5. The summed E-state index contributed by atoms with van der Waals surface area (Å²) in [5, 5.41) is 2.59. The zero-order valence-electron chi connectivity index (χ0n) is 33.5. The molecule has 2 aliphatic carbocycles. The lowest BCUT2D eigenvalue weighted by atomic mass is 9.69. The van der Waals surface area contributed by atoms with Crippen LogP contribution in [0.4, 0.5) is 0 Å². The van der Waals surface area contributed by atoms with Crippen molar-refractivity contribution < 1.29 is 0 Å². The van der Waals surface area contributed by atoms with Crippen LogP contribution in [0.25, 0.3) is 98.8 Å². The first kappa shape index (κ1) is 35.0. The molecule has 9 aromatic carbocycles. The van der Waals surface area contributed by atoms with E-state index in [-0.39, 0.29) is 0 Å². The van der Waals surface area contributed by atoms with Gasteiger partial charge in [0.05, 0.1) is 5.41 Å². The van der Waals surface area contributed by atoms with Gasteiger partial charge in [0, 0.05) is 36.9 Å². The molecule has 13 rings (SSSR count). The maximum atomic E-state index is 5.45. The Morgan fingerprint density at radius 1 is 0.306 bits per heavy atom. The van der Waals surface area contributed by atoms with Gasteiger partial charge in [0.25, 0.3) is 0 Å². The summed E-state index contributed by atoms with van der Waals surface area (Å²) in [5.41, 5.74) is 17.0. The fraction of sp³-hybridized carbons (Fsp3) is 0.0172. The van der Waals surface area contributed by atoms with Crippen molar-refractivity contribution in [2.24, 2.45) is 0 Å². The molecule has 62 heavy (non-hydrogen) atoms. The van der Waals surface area contributed by atoms with E-state index < -0.39 is 5.41 Å². The Morgan fingerprint density at radius 3 is 1.53 bits per heavy atom. The van der Waals surface area contributed by atoms with Gasteiger partial charge in [-0.2, -0.15) is 0 Å². The second-order valence-electron chi connectivity index (χ2n) is 16.2. The molecule has 2 aliphatic rings. The average Bonchev–Trinajstić information content (AvgIpc) is 3.99. The predicted molar refractivity (Wildman–Crippen MR) is 256 cm³/mol. The molecule has 0 bridgehead atoms. The summed E-state index contributed by atoms with van der Waals surface area (Å²) in [5.74, 6) is 1.92. The van der Waals surface area contributed by atoms with Crippen LogP contribution in [-0.4, -0.2) is 15.0 Å². The van der Waals surface area contributed by atoms with Crippen LogP contribution in [0.3, 0.4) is 0 Å². The highest BCUT2D eigenvalue weighted by Gasteiger charge is 2.52. The van der Waals surface area contributed by atoms with E-state index in [0.717, 1.165) is 33.4 Å². The van der Waals surface area contributed by atoms with E-state index in [9.17, 15) is 0 Å². The topological polar surface area (TPSA) is 38.7 Å². The van der Waals surface area contributed by atoms with Gasteiger partial charge in [-0.15, -0.1) is 11.3 Å². The number of rotatable bonds is 5. The molecule has 0 radical (unpaired) electrons. The van der Waals surface area contributed by atoms with Crippen molar-refractivity contribution >= 4 is 31.5 Å². The molecule has 0 N–H and O–H groups in total. The lowest BCUT2D eigenvalue weighted by molar-refractivity contribution is 0.794. The summed E-state index contributed by atoms with van der Waals surface area (Å²) in [6, 6.07) is 76.6. The van der Waals surface area contributed by atoms with Crippen LogP contribution in [0.1, 0.15) is 22.3 Å². The zero-order chi connectivity index (χ0) is 40.8. The minimum atomic E-state index is -0.551. The van der Waals surface area contributed by atoms with E-state index in [0.29, 0.717) is 17.5 Å². The molecule has 0 saturated heterocycles. The molecule has 0 unspecified atom stereocenters. The fourth-order valence-electron chi connectivity index (χ4n) is 10.4. The van der Waals surface area contributed by atoms with Gasteiger partial charge in [0.2, 0.25) is 0 Å². The van der Waals surface area contributed by atoms with E-state index in [1.165, 1.54) is 70.2 Å². The highest BCUT2D eigenvalue weighted by atomic mass is 32.1. The first-order chi connectivity index (χ1) is 30.7. The molecule has 4 heteroatoms. The number of nitrogens with zero attached hydrogens (tertiary/aromatic N) is 3. The number of benzene rings is 9. The number of hydrogen-bond donors (Lipinski definition) is 0. The molecular formula is C58H35N3S. The standard InChI is InChI=1S/C58H35N3S/c1-2-15-36(16-3-1)39-17-12-18-40(35-39)56-59-55(38-33-31-37(32-34-38)41-23-14-30-52-53(41)46-22-7-11-29-51(46)62-52)60-57(61-56)47-25-13-24-45-44-21-6-10-28-50(44)58(54(45)47)48-26-8-4-19-42(48)43-20-5-9-27-49(43)58/h1-35H. The SMILES string of the molecule is c1ccc(-c2cccc(-c3nc(-c4ccc(-c5cccc6sc7ccccc7c56)cc4)nc(-c4cccc5c4C4(c6ccccc6-c6ccccc64)c4ccccc4-5)n3)c2)cc1. The third-order valence-corrected chi connectivity index (χ3v) is 14.1. The molecule has 0 fully saturated rings. The van der Waals surface area contributed by atoms with Crippen molar-refractivity contribution in [1.82, 2.24) is 15.0 Å². The van der Waals surface area contributed by atoms with Crippen molar-refractivity contribution in [2.45, 2.75) is 5.41 Å². The molecule has 3 nitrogen and oxygen atoms in total. The van der Waals surface area contributed by atoms with Crippen molar-refractivity contribution in [2.75, 3.05) is 0 Å². The van der Waals surface area contributed by atoms with E-state index in [4.69, 9.17) is 15.0 Å². The van der Waals surface area contributed by atoms with Crippen LogP contribution in [0.15, 0.2) is 212 Å². The molecule has 2 heterocycles. The number of aromatic nitrogens is 3. The Hall–Kier alpha value is -7.79. The Balaban J connectivity index is 1.04. The van der Waals surface area contributed by atoms with Gasteiger partial charge in [-0.05, 0) is 85.0 Å². The van der Waals surface area contributed by atoms with Crippen LogP contribution in [-0.2, 0) is 5.41 Å². The Bertz CT molecular complexity index is 3520. The van der Waals surface area contributed by atoms with Gasteiger partial charge in [0.15, 0.2) is 17.5 Å². The molecule has 0 atom stereocenters. The maximum Gasteiger partial charge on any atom is 0.164 e. The van der Waals surface area contributed by atoms with Gasteiger partial charge in [-0.3, -0.25) is 0 Å². The Kier molecular flexibility index (Phi) is 7.69. The van der Waals surface area contributed by atoms with Crippen molar-refractivity contribution in [3.05, 3.63) is 235 Å². The molecule has 11 aromatic rings. The highest BCUT2D eigenvalue weighted by molar-refractivity contribution is 7.25. The highest BCUT2D eigenvalue weighted by Crippen LogP contribution is 2.64. The monoisotopic (exact) mass is 805 g/mol. The van der Waals surface area contributed by atoms with E-state index in [1.54, 1.807) is 0 Å². The van der Waals surface area contributed by atoms with Crippen LogP contribution < -0.4 is 0 Å². The zero-order valence-corrected chi connectivity index (χ0v) is 34.3. The molecule has 0 amide bonds. The molecule has 1 spiro atoms. The molecule has 288 valence electrons. The van der Waals surface area contributed by atoms with Crippen molar-refractivity contribution in [1.29, 1.82) is 0 Å². The first-order valence-corrected chi connectivity index (χ1v) is 21.9. The van der Waals surface area contributed by atoms with Gasteiger partial charge in [-0.25, -0.2) is 15.0 Å². The van der Waals surface area contributed by atoms with Crippen molar-refractivity contribution in [3.63, 3.8) is 0 Å². The average molecular weight is 806 g/mol. The van der Waals surface area contributed by atoms with Crippen LogP contribution in [0, 0.1) is 0 Å². The normalized spacial score (nSPS) is 13.0. The molecular weight excluding hydrogens is 771 g/mol. The summed E-state index contributed by atoms with van der Waals surface area (Å²) in [4.78, 5) is 16.2. The molecule has 2 aromatic heterocycles. The van der Waals surface area contributed by atoms with E-state index >= 15 is 0 Å². The second-order valence-corrected chi connectivity index (χ2v) is 17.3. The quantitative estimate of drug-likeness (QED) is 0.174. The second kappa shape index (κ2) is 13.6. The Labute approximate surface area is 363 Å². The lowest BCUT2D eigenvalue weighted by Crippen LogP contribution is -2.26. The number of hydrogen-bond acceptors (Lipinski definition) is 4. The third-order valence-electron chi connectivity index (χ3n) is 13.0.